The Balaban J connectivity index is 0.000000231. The van der Waals surface area contributed by atoms with Crippen molar-refractivity contribution in [3.63, 3.8) is 0 Å². The zero-order chi connectivity index (χ0) is 34.0. The van der Waals surface area contributed by atoms with Crippen LogP contribution >= 0.6 is 11.8 Å². The molecule has 0 nitrogen and oxygen atoms in total. The second-order valence-electron chi connectivity index (χ2n) is 14.4. The number of rotatable bonds is 3. The first-order valence-corrected chi connectivity index (χ1v) is 23.9. The molecule has 7 rings (SSSR count). The van der Waals surface area contributed by atoms with Gasteiger partial charge in [-0.15, -0.1) is 50.7 Å². The Labute approximate surface area is 327 Å². The van der Waals surface area contributed by atoms with E-state index in [4.69, 9.17) is 0 Å². The molecule has 5 aromatic carbocycles. The number of allylic oxidation sites excluding steroid dienone is 4. The predicted octanol–water partition coefficient (Wildman–Crippen LogP) is 6.94. The number of thioether (sulfide) groups is 1. The van der Waals surface area contributed by atoms with E-state index < -0.39 is 0 Å². The molecule has 254 valence electrons. The topological polar surface area (TPSA) is 0 Å². The normalized spacial score (nSPS) is 15.0. The molecule has 0 aromatic heterocycles. The van der Waals surface area contributed by atoms with E-state index in [9.17, 15) is 0 Å². The molecule has 0 amide bonds. The Morgan fingerprint density at radius 1 is 0.837 bits per heavy atom. The van der Waals surface area contributed by atoms with Crippen LogP contribution in [0.1, 0.15) is 63.8 Å². The summed E-state index contributed by atoms with van der Waals surface area (Å²) in [6.45, 7) is 22.6. The SMILES string of the molecule is CC(C)C1=CC2=C(c3ccc(C(C)(C)C)cc3)C(C)SC2=[C-]1.C[Si](C)=[Zr+2].Cc1cc2c(-c3cccc4ccccc34)ccc(C)c2[cH-]1.[Cl-].[Cl-]. The van der Waals surface area contributed by atoms with Gasteiger partial charge in [0.15, 0.2) is 0 Å². The number of aryl methyl sites for hydroxylation is 2. The van der Waals surface area contributed by atoms with Crippen molar-refractivity contribution >= 4 is 44.3 Å². The van der Waals surface area contributed by atoms with Gasteiger partial charge in [0, 0.05) is 5.25 Å². The maximum atomic E-state index is 3.60. The molecule has 1 unspecified atom stereocenters. The maximum Gasteiger partial charge on any atom is -0.0114 e. The molecule has 0 bridgehead atoms. The molecular weight excluding hydrogens is 751 g/mol. The largest absolute Gasteiger partial charge is 1.00 e. The molecule has 0 radical (unpaired) electrons. The van der Waals surface area contributed by atoms with Crippen LogP contribution in [0.5, 0.6) is 0 Å². The smallest absolute Gasteiger partial charge is 0.0114 e. The second-order valence-corrected chi connectivity index (χ2v) is 25.2. The van der Waals surface area contributed by atoms with E-state index in [-0.39, 0.29) is 35.7 Å². The minimum atomic E-state index is 0. The fraction of sp³-hybridized carbons (Fsp3) is 0.295. The average Bonchev–Trinajstić information content (AvgIpc) is 3.69. The van der Waals surface area contributed by atoms with Gasteiger partial charge in [-0.2, -0.15) is 23.3 Å². The van der Waals surface area contributed by atoms with Crippen molar-refractivity contribution in [1.82, 2.24) is 0 Å². The molecule has 0 fully saturated rings. The van der Waals surface area contributed by atoms with Gasteiger partial charge in [0.1, 0.15) is 0 Å². The van der Waals surface area contributed by atoms with Gasteiger partial charge < -0.3 is 24.8 Å². The van der Waals surface area contributed by atoms with Gasteiger partial charge in [0.25, 0.3) is 0 Å². The van der Waals surface area contributed by atoms with Crippen LogP contribution in [0.25, 0.3) is 38.2 Å². The van der Waals surface area contributed by atoms with E-state index >= 15 is 0 Å². The van der Waals surface area contributed by atoms with Crippen molar-refractivity contribution in [3.8, 4) is 11.1 Å². The number of fused-ring (bicyclic) bond motifs is 3. The summed E-state index contributed by atoms with van der Waals surface area (Å²) in [5, 5.41) is 5.88. The van der Waals surface area contributed by atoms with Gasteiger partial charge in [-0.3, -0.25) is 0 Å². The monoisotopic (exact) mass is 796 g/mol. The van der Waals surface area contributed by atoms with Crippen molar-refractivity contribution < 1.29 is 48.1 Å². The molecule has 1 aliphatic heterocycles. The minimum Gasteiger partial charge on any atom is -1.00 e. The van der Waals surface area contributed by atoms with E-state index in [0.29, 0.717) is 11.2 Å². The van der Waals surface area contributed by atoms with E-state index in [0.717, 1.165) is 0 Å². The third-order valence-corrected chi connectivity index (χ3v) is 9.95. The van der Waals surface area contributed by atoms with Gasteiger partial charge in [-0.1, -0.05) is 132 Å². The van der Waals surface area contributed by atoms with Crippen molar-refractivity contribution in [1.29, 1.82) is 0 Å². The molecule has 0 N–H and O–H groups in total. The molecule has 0 saturated heterocycles. The van der Waals surface area contributed by atoms with E-state index in [1.165, 1.54) is 76.6 Å². The Morgan fingerprint density at radius 2 is 1.45 bits per heavy atom. The van der Waals surface area contributed by atoms with Crippen LogP contribution in [-0.4, -0.2) is 10.7 Å². The molecule has 1 heterocycles. The van der Waals surface area contributed by atoms with Gasteiger partial charge >= 0.3 is 41.9 Å². The zero-order valence-corrected chi connectivity index (χ0v) is 36.3. The van der Waals surface area contributed by atoms with E-state index in [2.05, 4.69) is 172 Å². The van der Waals surface area contributed by atoms with E-state index in [1.807, 2.05) is 11.8 Å². The summed E-state index contributed by atoms with van der Waals surface area (Å²) in [4.78, 5) is 1.34. The molecule has 1 atom stereocenters. The average molecular weight is 799 g/mol. The predicted molar refractivity (Wildman–Crippen MR) is 208 cm³/mol. The number of hydrogen-bond acceptors (Lipinski definition) is 1. The summed E-state index contributed by atoms with van der Waals surface area (Å²) in [6, 6.07) is 33.4. The standard InChI is InChI=1S/C21H25S.C21H17.C2H6Si.2ClH.Zr/c1-13(2)16-11-18-19(12-16)22-14(3)20(18)15-7-9-17(10-8-15)21(4,5)6;1-14-12-20-15(2)10-11-19(21(20)13-14)18-9-5-7-16-6-3-4-8-17(16)18;1-3-2;;;/h7-11,13-14H,1-6H3;3-13H,1-2H3;1-2H3;2*1H;/q2*-1;;;;+2/p-2. The summed E-state index contributed by atoms with van der Waals surface area (Å²) in [7, 11) is 0. The first-order chi connectivity index (χ1) is 22.2. The summed E-state index contributed by atoms with van der Waals surface area (Å²) in [5.74, 6) is 0.547. The molecular formula is C44H48Cl2SSiZr-2. The Morgan fingerprint density at radius 3 is 2.08 bits per heavy atom. The first kappa shape index (κ1) is 41.4. The fourth-order valence-corrected chi connectivity index (χ4v) is 7.55. The number of benzene rings is 4. The van der Waals surface area contributed by atoms with Crippen molar-refractivity contribution in [2.45, 2.75) is 79.1 Å². The van der Waals surface area contributed by atoms with Gasteiger partial charge in [-0.05, 0) is 45.7 Å². The van der Waals surface area contributed by atoms with Crippen LogP contribution in [-0.2, 0) is 28.8 Å². The Kier molecular flexibility index (Phi) is 14.8. The maximum absolute atomic E-state index is 3.60. The van der Waals surface area contributed by atoms with Crippen LogP contribution in [0.4, 0.5) is 0 Å². The fourth-order valence-electron chi connectivity index (χ4n) is 6.34. The second kappa shape index (κ2) is 17.5. The summed E-state index contributed by atoms with van der Waals surface area (Å²) >= 11 is 3.69. The van der Waals surface area contributed by atoms with Gasteiger partial charge in [0.2, 0.25) is 0 Å². The van der Waals surface area contributed by atoms with Crippen LogP contribution in [0, 0.1) is 25.8 Å². The first-order valence-electron chi connectivity index (χ1n) is 16.8. The minimum absolute atomic E-state index is 0. The molecule has 0 saturated carbocycles. The third kappa shape index (κ3) is 9.66. The summed E-state index contributed by atoms with van der Waals surface area (Å²) in [6.07, 6.45) is 5.95. The number of hydrogen-bond donors (Lipinski definition) is 0. The van der Waals surface area contributed by atoms with Crippen molar-refractivity contribution in [3.05, 3.63) is 141 Å². The third-order valence-electron chi connectivity index (χ3n) is 8.81. The summed E-state index contributed by atoms with van der Waals surface area (Å²) < 4.78 is 0. The van der Waals surface area contributed by atoms with Gasteiger partial charge in [-0.25, -0.2) is 6.08 Å². The Bertz CT molecular complexity index is 2030. The van der Waals surface area contributed by atoms with Crippen LogP contribution in [0.3, 0.4) is 0 Å². The summed E-state index contributed by atoms with van der Waals surface area (Å²) in [5.41, 5.74) is 12.7. The quantitative estimate of drug-likeness (QED) is 0.141. The van der Waals surface area contributed by atoms with Crippen molar-refractivity contribution in [2.24, 2.45) is 5.92 Å². The molecule has 5 heteroatoms. The molecule has 1 aliphatic carbocycles. The van der Waals surface area contributed by atoms with Crippen LogP contribution < -0.4 is 24.8 Å². The van der Waals surface area contributed by atoms with Crippen LogP contribution in [0.2, 0.25) is 13.1 Å². The Hall–Kier alpha value is -2.00. The molecule has 0 spiro atoms. The van der Waals surface area contributed by atoms with Crippen LogP contribution in [0.15, 0.2) is 113 Å². The molecule has 2 aliphatic rings. The van der Waals surface area contributed by atoms with Gasteiger partial charge in [0.05, 0.1) is 0 Å². The molecule has 5 aromatic rings. The van der Waals surface area contributed by atoms with Crippen molar-refractivity contribution in [2.75, 3.05) is 0 Å². The zero-order valence-electron chi connectivity index (χ0n) is 30.6. The number of halogens is 2. The van der Waals surface area contributed by atoms with E-state index in [1.54, 1.807) is 23.3 Å². The molecule has 49 heavy (non-hydrogen) atoms.